The Labute approximate surface area is 324 Å². The van der Waals surface area contributed by atoms with E-state index in [1.807, 2.05) is 0 Å². The number of rotatable bonds is 7. The quantitative estimate of drug-likeness (QED) is 0.162. The van der Waals surface area contributed by atoms with Gasteiger partial charge in [-0.1, -0.05) is 27.7 Å². The van der Waals surface area contributed by atoms with Crippen molar-refractivity contribution in [3.63, 3.8) is 0 Å². The van der Waals surface area contributed by atoms with Crippen molar-refractivity contribution in [2.75, 3.05) is 13.2 Å². The average Bonchev–Trinajstić information content (AvgIpc) is 3.47. The fourth-order valence-electron chi connectivity index (χ4n) is 14.9. The SMILES string of the molecule is CC(C)(O)[C@@H]1CC[C@](C)([C@@H]2[C@@H](O)C[C@@]3(C)[C@@H]4C[C@H](O[C@H]5O[C@@H](CO)[C@H](O)[C@@H](O)[C@@H]5O)[C@@H]5C(C)(C)[C@H](O[C@@H]6OC[C@@H](O)[C@H](O)[C@H]6O)CC[C@@]56C[C@@]46CC[C@]23C)O1. The second-order valence-corrected chi connectivity index (χ2v) is 21.1. The summed E-state index contributed by atoms with van der Waals surface area (Å²) in [6.45, 7) is 13.8. The van der Waals surface area contributed by atoms with E-state index >= 15 is 0 Å². The maximum Gasteiger partial charge on any atom is 0.186 e. The van der Waals surface area contributed by atoms with Gasteiger partial charge in [0, 0.05) is 5.92 Å². The third-order valence-corrected chi connectivity index (χ3v) is 17.6. The molecule has 9 N–H and O–H groups in total. The van der Waals surface area contributed by atoms with Crippen molar-refractivity contribution in [2.45, 2.75) is 197 Å². The van der Waals surface area contributed by atoms with Gasteiger partial charge in [0.15, 0.2) is 12.6 Å². The number of aliphatic hydroxyl groups excluding tert-OH is 8. The summed E-state index contributed by atoms with van der Waals surface area (Å²) < 4.78 is 31.9. The molecule has 0 aromatic carbocycles. The second kappa shape index (κ2) is 13.2. The Morgan fingerprint density at radius 3 is 2.05 bits per heavy atom. The van der Waals surface area contributed by atoms with Gasteiger partial charge in [0.2, 0.25) is 0 Å². The van der Waals surface area contributed by atoms with Crippen LogP contribution in [0.15, 0.2) is 0 Å². The van der Waals surface area contributed by atoms with Crippen LogP contribution in [0.3, 0.4) is 0 Å². The summed E-state index contributed by atoms with van der Waals surface area (Å²) in [5.74, 6) is -0.215. The number of ether oxygens (including phenoxy) is 5. The molecule has 0 radical (unpaired) electrons. The van der Waals surface area contributed by atoms with Crippen LogP contribution in [-0.4, -0.2) is 150 Å². The van der Waals surface area contributed by atoms with Crippen molar-refractivity contribution in [3.05, 3.63) is 0 Å². The number of hydrogen-bond donors (Lipinski definition) is 9. The lowest BCUT2D eigenvalue weighted by atomic mass is 9.41. The standard InChI is InChI=1S/C41H68O14/c1-35(2)24(54-33-29(48)26(45)20(44)17-51-33)9-11-41-18-40(41)13-12-37(5)31(39(7)10-8-25(55-39)36(3,4)50)19(43)15-38(37,6)23(40)14-21(32(35)41)52-34-30(49)28(47)27(46)22(16-42)53-34/h19-34,42-50H,8-18H2,1-7H3/t19-,20+,21-,22-,23-,24+,25-,26-,27-,28+,29+,30-,31+,32+,33-,34-,37+,38-,39+,40-,41+/m0/s1. The van der Waals surface area contributed by atoms with Crippen molar-refractivity contribution < 1.29 is 69.6 Å². The zero-order chi connectivity index (χ0) is 40.1. The van der Waals surface area contributed by atoms with Crippen LogP contribution in [0.1, 0.15) is 106 Å². The summed E-state index contributed by atoms with van der Waals surface area (Å²) >= 11 is 0. The molecule has 14 heteroatoms. The zero-order valence-electron chi connectivity index (χ0n) is 33.6. The summed E-state index contributed by atoms with van der Waals surface area (Å²) in [6, 6.07) is 0. The first kappa shape index (κ1) is 41.2. The van der Waals surface area contributed by atoms with Crippen molar-refractivity contribution >= 4 is 0 Å². The van der Waals surface area contributed by atoms with Crippen molar-refractivity contribution in [1.29, 1.82) is 0 Å². The molecule has 3 saturated heterocycles. The smallest absolute Gasteiger partial charge is 0.186 e. The van der Waals surface area contributed by atoms with E-state index in [0.29, 0.717) is 25.7 Å². The molecule has 14 nitrogen and oxygen atoms in total. The molecule has 5 saturated carbocycles. The molecule has 8 rings (SSSR count). The van der Waals surface area contributed by atoms with Gasteiger partial charge in [-0.3, -0.25) is 0 Å². The highest BCUT2D eigenvalue weighted by molar-refractivity contribution is 5.33. The van der Waals surface area contributed by atoms with E-state index in [4.69, 9.17) is 23.7 Å². The first-order valence-electron chi connectivity index (χ1n) is 20.9. The first-order chi connectivity index (χ1) is 25.5. The van der Waals surface area contributed by atoms with Gasteiger partial charge < -0.3 is 69.6 Å². The summed E-state index contributed by atoms with van der Waals surface area (Å²) in [6.07, 6.45) is -7.48. The van der Waals surface area contributed by atoms with Crippen molar-refractivity contribution in [3.8, 4) is 0 Å². The summed E-state index contributed by atoms with van der Waals surface area (Å²) in [7, 11) is 0. The molecule has 8 aliphatic rings. The molecule has 0 aromatic heterocycles. The largest absolute Gasteiger partial charge is 0.394 e. The molecule has 2 spiro atoms. The van der Waals surface area contributed by atoms with Crippen molar-refractivity contribution in [1.82, 2.24) is 0 Å². The highest BCUT2D eigenvalue weighted by Crippen LogP contribution is 2.89. The Morgan fingerprint density at radius 1 is 0.709 bits per heavy atom. The minimum Gasteiger partial charge on any atom is -0.394 e. The van der Waals surface area contributed by atoms with E-state index in [1.54, 1.807) is 13.8 Å². The molecule has 3 heterocycles. The normalized spacial score (nSPS) is 58.7. The van der Waals surface area contributed by atoms with E-state index in [1.165, 1.54) is 0 Å². The Morgan fingerprint density at radius 2 is 1.40 bits per heavy atom. The van der Waals surface area contributed by atoms with Crippen LogP contribution in [-0.2, 0) is 23.7 Å². The lowest BCUT2D eigenvalue weighted by Gasteiger charge is -2.65. The lowest BCUT2D eigenvalue weighted by Crippen LogP contribution is -2.65. The van der Waals surface area contributed by atoms with E-state index in [9.17, 15) is 46.0 Å². The van der Waals surface area contributed by atoms with E-state index < -0.39 is 96.8 Å². The van der Waals surface area contributed by atoms with E-state index in [2.05, 4.69) is 34.6 Å². The maximum absolute atomic E-state index is 12.2. The molecule has 21 atom stereocenters. The summed E-state index contributed by atoms with van der Waals surface area (Å²) in [5, 5.41) is 97.2. The van der Waals surface area contributed by atoms with E-state index in [-0.39, 0.29) is 52.1 Å². The molecule has 3 aliphatic heterocycles. The first-order valence-corrected chi connectivity index (χ1v) is 20.9. The van der Waals surface area contributed by atoms with Gasteiger partial charge in [-0.2, -0.15) is 0 Å². The van der Waals surface area contributed by atoms with Crippen LogP contribution in [0.5, 0.6) is 0 Å². The molecule has 0 aromatic rings. The summed E-state index contributed by atoms with van der Waals surface area (Å²) in [5.41, 5.74) is -3.16. The molecule has 0 amide bonds. The van der Waals surface area contributed by atoms with Gasteiger partial charge in [-0.15, -0.1) is 0 Å². The van der Waals surface area contributed by atoms with Crippen molar-refractivity contribution in [2.24, 2.45) is 44.8 Å². The predicted octanol–water partition coefficient (Wildman–Crippen LogP) is 0.724. The van der Waals surface area contributed by atoms with Gasteiger partial charge >= 0.3 is 0 Å². The Hall–Kier alpha value is -0.560. The molecule has 5 aliphatic carbocycles. The van der Waals surface area contributed by atoms with Gasteiger partial charge in [0.05, 0.1) is 48.8 Å². The zero-order valence-corrected chi connectivity index (χ0v) is 33.6. The molecular weight excluding hydrogens is 716 g/mol. The van der Waals surface area contributed by atoms with Gasteiger partial charge in [-0.25, -0.2) is 0 Å². The van der Waals surface area contributed by atoms with Gasteiger partial charge in [0.25, 0.3) is 0 Å². The molecule has 316 valence electrons. The summed E-state index contributed by atoms with van der Waals surface area (Å²) in [4.78, 5) is 0. The van der Waals surface area contributed by atoms with Crippen LogP contribution in [0.4, 0.5) is 0 Å². The van der Waals surface area contributed by atoms with Gasteiger partial charge in [0.1, 0.15) is 42.7 Å². The second-order valence-electron chi connectivity index (χ2n) is 21.1. The van der Waals surface area contributed by atoms with Gasteiger partial charge in [-0.05, 0) is 117 Å². The van der Waals surface area contributed by atoms with Crippen LogP contribution < -0.4 is 0 Å². The predicted molar refractivity (Wildman–Crippen MR) is 194 cm³/mol. The van der Waals surface area contributed by atoms with E-state index in [0.717, 1.165) is 32.1 Å². The van der Waals surface area contributed by atoms with Crippen LogP contribution >= 0.6 is 0 Å². The monoisotopic (exact) mass is 784 g/mol. The highest BCUT2D eigenvalue weighted by atomic mass is 16.7. The third-order valence-electron chi connectivity index (χ3n) is 17.6. The third kappa shape index (κ3) is 5.70. The lowest BCUT2D eigenvalue weighted by molar-refractivity contribution is -0.339. The van der Waals surface area contributed by atoms with Crippen LogP contribution in [0.25, 0.3) is 0 Å². The molecule has 0 bridgehead atoms. The Balaban J connectivity index is 1.15. The highest BCUT2D eigenvalue weighted by Gasteiger charge is 2.85. The fourth-order valence-corrected chi connectivity index (χ4v) is 14.9. The number of hydrogen-bond acceptors (Lipinski definition) is 14. The minimum atomic E-state index is -1.60. The minimum absolute atomic E-state index is 0.0633. The molecule has 8 fully saturated rings. The number of aliphatic hydroxyl groups is 9. The molecule has 0 unspecified atom stereocenters. The molecule has 55 heavy (non-hydrogen) atoms. The topological polar surface area (TPSA) is 228 Å². The average molecular weight is 785 g/mol. The van der Waals surface area contributed by atoms with Crippen LogP contribution in [0, 0.1) is 44.8 Å². The number of fused-ring (bicyclic) bond motifs is 2. The van der Waals surface area contributed by atoms with Crippen LogP contribution in [0.2, 0.25) is 0 Å². The fraction of sp³-hybridized carbons (Fsp3) is 1.00. The Kier molecular flexibility index (Phi) is 9.90. The molecular formula is C41H68O14. The maximum atomic E-state index is 12.2. The Bertz CT molecular complexity index is 1460.